The molecule has 3 rings (SSSR count). The van der Waals surface area contributed by atoms with Crippen molar-refractivity contribution in [1.29, 1.82) is 0 Å². The van der Waals surface area contributed by atoms with Crippen LogP contribution in [0.5, 0.6) is 0 Å². The van der Waals surface area contributed by atoms with Crippen LogP contribution in [0.3, 0.4) is 0 Å². The van der Waals surface area contributed by atoms with E-state index in [1.807, 2.05) is 0 Å². The molecule has 0 radical (unpaired) electrons. The molecule has 1 heterocycles. The highest BCUT2D eigenvalue weighted by molar-refractivity contribution is 5.53. The topological polar surface area (TPSA) is 12.0 Å². The van der Waals surface area contributed by atoms with Crippen molar-refractivity contribution in [2.45, 2.75) is 63.8 Å². The summed E-state index contributed by atoms with van der Waals surface area (Å²) < 4.78 is 0. The summed E-state index contributed by atoms with van der Waals surface area (Å²) in [4.78, 5) is 0. The van der Waals surface area contributed by atoms with Crippen LogP contribution in [0.15, 0.2) is 24.3 Å². The Bertz CT molecular complexity index is 379. The maximum Gasteiger partial charge on any atom is 0.0374 e. The van der Waals surface area contributed by atoms with E-state index in [1.54, 1.807) is 0 Å². The van der Waals surface area contributed by atoms with Crippen molar-refractivity contribution >= 4 is 5.69 Å². The quantitative estimate of drug-likeness (QED) is 0.806. The lowest BCUT2D eigenvalue weighted by Crippen LogP contribution is -2.26. The van der Waals surface area contributed by atoms with E-state index in [-0.39, 0.29) is 0 Å². The molecule has 1 fully saturated rings. The first-order valence-electron chi connectivity index (χ1n) is 7.76. The fraction of sp³-hybridized carbons (Fsp3) is 0.647. The van der Waals surface area contributed by atoms with E-state index in [1.165, 1.54) is 69.0 Å². The zero-order valence-corrected chi connectivity index (χ0v) is 11.3. The van der Waals surface area contributed by atoms with E-state index in [2.05, 4.69) is 29.6 Å². The number of anilines is 1. The Labute approximate surface area is 111 Å². The summed E-state index contributed by atoms with van der Waals surface area (Å²) in [5.41, 5.74) is 2.89. The Hall–Kier alpha value is -0.980. The summed E-state index contributed by atoms with van der Waals surface area (Å²) in [7, 11) is 0. The minimum absolute atomic E-state index is 0.724. The van der Waals surface area contributed by atoms with Gasteiger partial charge < -0.3 is 5.32 Å². The largest absolute Gasteiger partial charge is 0.382 e. The number of rotatable bonds is 3. The van der Waals surface area contributed by atoms with Gasteiger partial charge in [-0.3, -0.25) is 0 Å². The molecule has 1 aromatic carbocycles. The lowest BCUT2D eigenvalue weighted by Gasteiger charge is -2.29. The summed E-state index contributed by atoms with van der Waals surface area (Å²) >= 11 is 0. The molecule has 0 saturated heterocycles. The van der Waals surface area contributed by atoms with Gasteiger partial charge in [0.1, 0.15) is 0 Å². The zero-order valence-electron chi connectivity index (χ0n) is 11.3. The average Bonchev–Trinajstić information content (AvgIpc) is 2.46. The Balaban J connectivity index is 1.50. The van der Waals surface area contributed by atoms with E-state index < -0.39 is 0 Å². The van der Waals surface area contributed by atoms with Gasteiger partial charge >= 0.3 is 0 Å². The second kappa shape index (κ2) is 5.77. The number of aryl methyl sites for hydroxylation is 1. The molecule has 1 aromatic rings. The minimum Gasteiger partial charge on any atom is -0.382 e. The molecule has 1 saturated carbocycles. The first kappa shape index (κ1) is 12.1. The van der Waals surface area contributed by atoms with E-state index in [0.29, 0.717) is 0 Å². The highest BCUT2D eigenvalue weighted by Gasteiger charge is 2.19. The summed E-state index contributed by atoms with van der Waals surface area (Å²) in [6.07, 6.45) is 12.8. The van der Waals surface area contributed by atoms with Crippen LogP contribution in [0.2, 0.25) is 0 Å². The van der Waals surface area contributed by atoms with Crippen LogP contribution in [0.25, 0.3) is 0 Å². The maximum absolute atomic E-state index is 3.74. The van der Waals surface area contributed by atoms with Gasteiger partial charge in [0.25, 0.3) is 0 Å². The van der Waals surface area contributed by atoms with Gasteiger partial charge in [0.2, 0.25) is 0 Å². The highest BCUT2D eigenvalue weighted by Crippen LogP contribution is 2.31. The highest BCUT2D eigenvalue weighted by atomic mass is 14.9. The molecular formula is C17H25N. The van der Waals surface area contributed by atoms with Gasteiger partial charge in [-0.05, 0) is 43.2 Å². The third kappa shape index (κ3) is 2.88. The number of hydrogen-bond donors (Lipinski definition) is 1. The first-order valence-corrected chi connectivity index (χ1v) is 7.76. The molecule has 1 N–H and O–H groups in total. The standard InChI is InChI=1S/C17H25N/c1-2-6-14(7-3-1)10-12-16-13-11-15-8-4-5-9-17(15)18-16/h4-5,8-9,14,16,18H,1-3,6-7,10-13H2. The molecule has 1 nitrogen and oxygen atoms in total. The molecule has 1 aliphatic heterocycles. The Morgan fingerprint density at radius 2 is 1.78 bits per heavy atom. The Morgan fingerprint density at radius 1 is 0.944 bits per heavy atom. The van der Waals surface area contributed by atoms with Crippen molar-refractivity contribution in [2.24, 2.45) is 5.92 Å². The van der Waals surface area contributed by atoms with Gasteiger partial charge in [-0.1, -0.05) is 50.3 Å². The van der Waals surface area contributed by atoms with E-state index in [9.17, 15) is 0 Å². The zero-order chi connectivity index (χ0) is 12.2. The average molecular weight is 243 g/mol. The predicted molar refractivity (Wildman–Crippen MR) is 78.0 cm³/mol. The van der Waals surface area contributed by atoms with E-state index in [4.69, 9.17) is 0 Å². The van der Waals surface area contributed by atoms with Crippen molar-refractivity contribution in [2.75, 3.05) is 5.32 Å². The molecule has 98 valence electrons. The van der Waals surface area contributed by atoms with Gasteiger partial charge in [-0.15, -0.1) is 0 Å². The van der Waals surface area contributed by atoms with E-state index in [0.717, 1.165) is 12.0 Å². The van der Waals surface area contributed by atoms with Gasteiger partial charge in [0.05, 0.1) is 0 Å². The monoisotopic (exact) mass is 243 g/mol. The third-order valence-corrected chi connectivity index (χ3v) is 4.79. The van der Waals surface area contributed by atoms with Crippen LogP contribution in [-0.2, 0) is 6.42 Å². The third-order valence-electron chi connectivity index (χ3n) is 4.79. The van der Waals surface area contributed by atoms with Gasteiger partial charge in [0, 0.05) is 11.7 Å². The van der Waals surface area contributed by atoms with Gasteiger partial charge in [-0.25, -0.2) is 0 Å². The number of hydrogen-bond acceptors (Lipinski definition) is 1. The minimum atomic E-state index is 0.724. The second-order valence-electron chi connectivity index (χ2n) is 6.12. The lowest BCUT2D eigenvalue weighted by molar-refractivity contribution is 0.323. The summed E-state index contributed by atoms with van der Waals surface area (Å²) in [6, 6.07) is 9.53. The molecule has 1 atom stereocenters. The van der Waals surface area contributed by atoms with Crippen LogP contribution in [-0.4, -0.2) is 6.04 Å². The van der Waals surface area contributed by atoms with Crippen molar-refractivity contribution in [3.8, 4) is 0 Å². The molecule has 18 heavy (non-hydrogen) atoms. The van der Waals surface area contributed by atoms with Crippen molar-refractivity contribution < 1.29 is 0 Å². The Morgan fingerprint density at radius 3 is 2.67 bits per heavy atom. The van der Waals surface area contributed by atoms with Crippen molar-refractivity contribution in [3.63, 3.8) is 0 Å². The van der Waals surface area contributed by atoms with Crippen LogP contribution in [0, 0.1) is 5.92 Å². The molecule has 0 spiro atoms. The fourth-order valence-electron chi connectivity index (χ4n) is 3.63. The maximum atomic E-state index is 3.74. The first-order chi connectivity index (χ1) is 8.92. The summed E-state index contributed by atoms with van der Waals surface area (Å²) in [5, 5.41) is 3.74. The SMILES string of the molecule is c1ccc2c(c1)CCC(CCC1CCCCC1)N2. The van der Waals surface area contributed by atoms with Crippen LogP contribution < -0.4 is 5.32 Å². The van der Waals surface area contributed by atoms with Crippen LogP contribution in [0.1, 0.15) is 56.9 Å². The van der Waals surface area contributed by atoms with Crippen molar-refractivity contribution in [1.82, 2.24) is 0 Å². The molecule has 1 unspecified atom stereocenters. The molecule has 0 bridgehead atoms. The molecular weight excluding hydrogens is 218 g/mol. The molecule has 1 heteroatoms. The number of nitrogens with one attached hydrogen (secondary N) is 1. The van der Waals surface area contributed by atoms with Gasteiger partial charge in [-0.2, -0.15) is 0 Å². The van der Waals surface area contributed by atoms with Crippen molar-refractivity contribution in [3.05, 3.63) is 29.8 Å². The molecule has 0 amide bonds. The molecule has 2 aliphatic rings. The van der Waals surface area contributed by atoms with Gasteiger partial charge in [0.15, 0.2) is 0 Å². The predicted octanol–water partition coefficient (Wildman–Crippen LogP) is 4.77. The molecule has 0 aromatic heterocycles. The smallest absolute Gasteiger partial charge is 0.0374 e. The molecule has 1 aliphatic carbocycles. The van der Waals surface area contributed by atoms with E-state index >= 15 is 0 Å². The summed E-state index contributed by atoms with van der Waals surface area (Å²) in [5.74, 6) is 1.03. The second-order valence-corrected chi connectivity index (χ2v) is 6.12. The fourth-order valence-corrected chi connectivity index (χ4v) is 3.63. The number of benzene rings is 1. The van der Waals surface area contributed by atoms with Crippen LogP contribution >= 0.6 is 0 Å². The lowest BCUT2D eigenvalue weighted by atomic mass is 9.84. The number of para-hydroxylation sites is 1. The Kier molecular flexibility index (Phi) is 3.87. The number of fused-ring (bicyclic) bond motifs is 1. The van der Waals surface area contributed by atoms with Crippen LogP contribution in [0.4, 0.5) is 5.69 Å². The summed E-state index contributed by atoms with van der Waals surface area (Å²) in [6.45, 7) is 0. The normalized spacial score (nSPS) is 24.3.